The average Bonchev–Trinajstić information content (AvgIpc) is 3.47. The number of fused-ring (bicyclic) bond motifs is 1. The quantitative estimate of drug-likeness (QED) is 0.418. The minimum absolute atomic E-state index is 0.272. The third kappa shape index (κ3) is 3.60. The number of anilines is 1. The first-order valence-corrected chi connectivity index (χ1v) is 10.0. The third-order valence-corrected chi connectivity index (χ3v) is 5.24. The van der Waals surface area contributed by atoms with Gasteiger partial charge in [0.25, 0.3) is 5.91 Å². The molecule has 0 aliphatic carbocycles. The molecule has 7 nitrogen and oxygen atoms in total. The van der Waals surface area contributed by atoms with Crippen LogP contribution in [0, 0.1) is 6.92 Å². The molecule has 0 atom stereocenters. The molecular weight excluding hydrogens is 404 g/mol. The predicted octanol–water partition coefficient (Wildman–Crippen LogP) is 5.23. The molecule has 7 heteroatoms. The maximum absolute atomic E-state index is 13.2. The number of benzene rings is 1. The van der Waals surface area contributed by atoms with Gasteiger partial charge in [0.1, 0.15) is 23.5 Å². The van der Waals surface area contributed by atoms with Crippen molar-refractivity contribution < 1.29 is 13.9 Å². The number of aromatic nitrogens is 3. The molecule has 4 aromatic heterocycles. The Morgan fingerprint density at radius 2 is 1.97 bits per heavy atom. The first-order valence-electron chi connectivity index (χ1n) is 10.0. The molecule has 32 heavy (non-hydrogen) atoms. The summed E-state index contributed by atoms with van der Waals surface area (Å²) < 4.78 is 12.5. The first-order chi connectivity index (χ1) is 15.6. The van der Waals surface area contributed by atoms with Gasteiger partial charge in [-0.3, -0.25) is 4.79 Å². The van der Waals surface area contributed by atoms with Crippen LogP contribution in [0.3, 0.4) is 0 Å². The maximum atomic E-state index is 13.2. The molecule has 0 spiro atoms. The van der Waals surface area contributed by atoms with E-state index in [1.165, 1.54) is 12.7 Å². The summed E-state index contributed by atoms with van der Waals surface area (Å²) in [5.74, 6) is 0.988. The van der Waals surface area contributed by atoms with Gasteiger partial charge >= 0.3 is 0 Å². The lowest BCUT2D eigenvalue weighted by Crippen LogP contribution is -2.13. The van der Waals surface area contributed by atoms with E-state index in [9.17, 15) is 4.79 Å². The lowest BCUT2D eigenvalue weighted by atomic mass is 10.1. The average molecular weight is 424 g/mol. The lowest BCUT2D eigenvalue weighted by molar-refractivity contribution is 0.102. The highest BCUT2D eigenvalue weighted by Gasteiger charge is 2.21. The van der Waals surface area contributed by atoms with E-state index < -0.39 is 0 Å². The van der Waals surface area contributed by atoms with Crippen molar-refractivity contribution in [3.63, 3.8) is 0 Å². The predicted molar refractivity (Wildman–Crippen MR) is 122 cm³/mol. The van der Waals surface area contributed by atoms with Crippen LogP contribution in [-0.4, -0.2) is 27.4 Å². The van der Waals surface area contributed by atoms with Crippen molar-refractivity contribution in [1.82, 2.24) is 14.4 Å². The van der Waals surface area contributed by atoms with E-state index in [1.54, 1.807) is 19.4 Å². The second kappa shape index (κ2) is 8.03. The number of aryl methyl sites for hydroxylation is 1. The zero-order chi connectivity index (χ0) is 22.1. The van der Waals surface area contributed by atoms with Gasteiger partial charge in [-0.15, -0.1) is 0 Å². The van der Waals surface area contributed by atoms with Gasteiger partial charge in [0, 0.05) is 17.9 Å². The molecule has 0 bridgehead atoms. The Morgan fingerprint density at radius 1 is 1.06 bits per heavy atom. The van der Waals surface area contributed by atoms with Crippen LogP contribution in [-0.2, 0) is 0 Å². The van der Waals surface area contributed by atoms with E-state index in [2.05, 4.69) is 15.3 Å². The minimum atomic E-state index is -0.272. The second-order valence-corrected chi connectivity index (χ2v) is 7.40. The van der Waals surface area contributed by atoms with Crippen molar-refractivity contribution in [3.8, 4) is 28.3 Å². The molecule has 5 rings (SSSR count). The highest BCUT2D eigenvalue weighted by molar-refractivity contribution is 6.09. The number of nitrogens with zero attached hydrogens (tertiary/aromatic N) is 3. The Balaban J connectivity index is 1.62. The number of rotatable bonds is 5. The SMILES string of the molecule is COc1cccc(-c2ccc3cc(C(=O)Nc4ccc(C)cn4)c(-c4cocn4)n3c2)c1. The van der Waals surface area contributed by atoms with Gasteiger partial charge in [0.15, 0.2) is 6.39 Å². The zero-order valence-electron chi connectivity index (χ0n) is 17.6. The summed E-state index contributed by atoms with van der Waals surface area (Å²) >= 11 is 0. The van der Waals surface area contributed by atoms with Crippen LogP contribution in [0.25, 0.3) is 28.0 Å². The molecule has 0 unspecified atom stereocenters. The number of carbonyl (C=O) groups is 1. The Kier molecular flexibility index (Phi) is 4.91. The zero-order valence-corrected chi connectivity index (χ0v) is 17.6. The van der Waals surface area contributed by atoms with E-state index in [1.807, 2.05) is 66.1 Å². The molecule has 1 amide bonds. The molecule has 4 heterocycles. The Labute approximate surface area is 184 Å². The van der Waals surface area contributed by atoms with Gasteiger partial charge in [-0.05, 0) is 53.9 Å². The molecular formula is C25H20N4O3. The van der Waals surface area contributed by atoms with Crippen molar-refractivity contribution in [3.05, 3.63) is 90.8 Å². The fourth-order valence-corrected chi connectivity index (χ4v) is 3.63. The van der Waals surface area contributed by atoms with Gasteiger partial charge in [0.05, 0.1) is 18.4 Å². The maximum Gasteiger partial charge on any atom is 0.259 e. The Morgan fingerprint density at radius 3 is 2.72 bits per heavy atom. The number of methoxy groups -OCH3 is 1. The molecule has 158 valence electrons. The summed E-state index contributed by atoms with van der Waals surface area (Å²) in [5, 5.41) is 2.87. The number of ether oxygens (including phenoxy) is 1. The highest BCUT2D eigenvalue weighted by Crippen LogP contribution is 2.31. The van der Waals surface area contributed by atoms with Crippen molar-refractivity contribution >= 4 is 17.2 Å². The molecule has 0 saturated heterocycles. The molecule has 1 aromatic carbocycles. The van der Waals surface area contributed by atoms with Crippen LogP contribution >= 0.6 is 0 Å². The number of carbonyl (C=O) groups excluding carboxylic acids is 1. The lowest BCUT2D eigenvalue weighted by Gasteiger charge is -2.08. The van der Waals surface area contributed by atoms with Crippen LogP contribution in [0.15, 0.2) is 84.1 Å². The highest BCUT2D eigenvalue weighted by atomic mass is 16.5. The number of nitrogens with one attached hydrogen (secondary N) is 1. The normalized spacial score (nSPS) is 10.9. The van der Waals surface area contributed by atoms with Crippen LogP contribution in [0.1, 0.15) is 15.9 Å². The smallest absolute Gasteiger partial charge is 0.259 e. The fraction of sp³-hybridized carbons (Fsp3) is 0.0800. The molecule has 5 aromatic rings. The van der Waals surface area contributed by atoms with Crippen LogP contribution in [0.5, 0.6) is 5.75 Å². The minimum Gasteiger partial charge on any atom is -0.497 e. The molecule has 0 aliphatic heterocycles. The summed E-state index contributed by atoms with van der Waals surface area (Å²) in [4.78, 5) is 21.8. The third-order valence-electron chi connectivity index (χ3n) is 5.24. The molecule has 0 saturated carbocycles. The summed E-state index contributed by atoms with van der Waals surface area (Å²) in [7, 11) is 1.64. The largest absolute Gasteiger partial charge is 0.497 e. The first kappa shape index (κ1) is 19.6. The summed E-state index contributed by atoms with van der Waals surface area (Å²) in [6.45, 7) is 1.95. The van der Waals surface area contributed by atoms with Gasteiger partial charge in [-0.25, -0.2) is 9.97 Å². The van der Waals surface area contributed by atoms with Crippen molar-refractivity contribution in [2.24, 2.45) is 0 Å². The van der Waals surface area contributed by atoms with E-state index in [0.717, 1.165) is 28.0 Å². The van der Waals surface area contributed by atoms with Gasteiger partial charge in [-0.2, -0.15) is 0 Å². The molecule has 1 N–H and O–H groups in total. The summed E-state index contributed by atoms with van der Waals surface area (Å²) in [6, 6.07) is 17.3. The van der Waals surface area contributed by atoms with Gasteiger partial charge < -0.3 is 18.9 Å². The van der Waals surface area contributed by atoms with Crippen LogP contribution < -0.4 is 10.1 Å². The monoisotopic (exact) mass is 424 g/mol. The Hall–Kier alpha value is -4.39. The van der Waals surface area contributed by atoms with E-state index >= 15 is 0 Å². The van der Waals surface area contributed by atoms with Crippen LogP contribution in [0.2, 0.25) is 0 Å². The summed E-state index contributed by atoms with van der Waals surface area (Å²) in [6.07, 6.45) is 6.57. The topological polar surface area (TPSA) is 81.7 Å². The van der Waals surface area contributed by atoms with Crippen molar-refractivity contribution in [2.75, 3.05) is 12.4 Å². The van der Waals surface area contributed by atoms with E-state index in [4.69, 9.17) is 9.15 Å². The van der Waals surface area contributed by atoms with E-state index in [-0.39, 0.29) is 5.91 Å². The van der Waals surface area contributed by atoms with Crippen molar-refractivity contribution in [2.45, 2.75) is 6.92 Å². The van der Waals surface area contributed by atoms with Crippen molar-refractivity contribution in [1.29, 1.82) is 0 Å². The Bertz CT molecular complexity index is 1400. The number of amides is 1. The van der Waals surface area contributed by atoms with Gasteiger partial charge in [0.2, 0.25) is 0 Å². The second-order valence-electron chi connectivity index (χ2n) is 7.40. The molecule has 0 fully saturated rings. The number of hydrogen-bond donors (Lipinski definition) is 1. The van der Waals surface area contributed by atoms with E-state index in [0.29, 0.717) is 22.8 Å². The molecule has 0 radical (unpaired) electrons. The number of hydrogen-bond acceptors (Lipinski definition) is 5. The number of oxazole rings is 1. The van der Waals surface area contributed by atoms with Crippen LogP contribution in [0.4, 0.5) is 5.82 Å². The fourth-order valence-electron chi connectivity index (χ4n) is 3.63. The standard InChI is InChI=1S/C25H20N4O3/c1-16-6-9-23(26-12-16)28-25(30)21-11-19-8-7-18(17-4-3-5-20(10-17)31-2)13-29(19)24(21)22-14-32-15-27-22/h3-15H,1-2H3,(H,26,28,30). The number of pyridine rings is 2. The summed E-state index contributed by atoms with van der Waals surface area (Å²) in [5.41, 5.74) is 5.54. The van der Waals surface area contributed by atoms with Gasteiger partial charge in [-0.1, -0.05) is 24.3 Å². The molecule has 0 aliphatic rings.